The molecule has 0 amide bonds. The van der Waals surface area contributed by atoms with Gasteiger partial charge in [-0.3, -0.25) is 0 Å². The largest absolute Gasteiger partial charge is 0.390 e. The molecule has 1 aliphatic heterocycles. The Hall–Kier alpha value is -1.02. The molecule has 1 heterocycles. The minimum absolute atomic E-state index is 0.470. The Morgan fingerprint density at radius 2 is 2.00 bits per heavy atom. The van der Waals surface area contributed by atoms with Crippen LogP contribution in [-0.2, 0) is 6.42 Å². The summed E-state index contributed by atoms with van der Waals surface area (Å²) in [6.45, 7) is 5.03. The van der Waals surface area contributed by atoms with Crippen molar-refractivity contribution in [3.8, 4) is 0 Å². The van der Waals surface area contributed by atoms with Crippen molar-refractivity contribution in [1.29, 1.82) is 0 Å². The molecule has 1 saturated carbocycles. The first kappa shape index (κ1) is 13.0. The van der Waals surface area contributed by atoms with Crippen molar-refractivity contribution in [3.63, 3.8) is 0 Å². The van der Waals surface area contributed by atoms with E-state index in [0.29, 0.717) is 6.04 Å². The van der Waals surface area contributed by atoms with Crippen molar-refractivity contribution in [1.82, 2.24) is 0 Å². The molecule has 1 fully saturated rings. The predicted octanol–water partition coefficient (Wildman–Crippen LogP) is 3.38. The smallest absolute Gasteiger partial charge is 0.0611 e. The molecule has 1 N–H and O–H groups in total. The first-order valence-corrected chi connectivity index (χ1v) is 7.60. The summed E-state index contributed by atoms with van der Waals surface area (Å²) in [6.07, 6.45) is 6.11. The quantitative estimate of drug-likeness (QED) is 0.896. The molecule has 1 aromatic carbocycles. The van der Waals surface area contributed by atoms with Crippen LogP contribution in [0.3, 0.4) is 0 Å². The molecule has 0 aromatic heterocycles. The molecular formula is C17H25NO. The molecule has 1 aliphatic carbocycles. The number of benzene rings is 1. The van der Waals surface area contributed by atoms with Crippen LogP contribution in [0.4, 0.5) is 5.69 Å². The maximum Gasteiger partial charge on any atom is 0.0611 e. The van der Waals surface area contributed by atoms with E-state index in [-0.39, 0.29) is 0 Å². The summed E-state index contributed by atoms with van der Waals surface area (Å²) in [7, 11) is 0. The predicted molar refractivity (Wildman–Crippen MR) is 79.5 cm³/mol. The van der Waals surface area contributed by atoms with Crippen LogP contribution in [0.5, 0.6) is 0 Å². The number of nitrogens with zero attached hydrogens (tertiary/aromatic N) is 1. The summed E-state index contributed by atoms with van der Waals surface area (Å²) in [5.74, 6) is 0.871. The van der Waals surface area contributed by atoms with E-state index >= 15 is 0 Å². The summed E-state index contributed by atoms with van der Waals surface area (Å²) < 4.78 is 0. The molecule has 1 aromatic rings. The molecule has 2 nitrogen and oxygen atoms in total. The van der Waals surface area contributed by atoms with Gasteiger partial charge in [0.15, 0.2) is 0 Å². The molecule has 2 heteroatoms. The third-order valence-corrected chi connectivity index (χ3v) is 4.61. The molecule has 0 spiro atoms. The van der Waals surface area contributed by atoms with Gasteiger partial charge in [-0.1, -0.05) is 24.6 Å². The summed E-state index contributed by atoms with van der Waals surface area (Å²) in [6, 6.07) is 9.23. The van der Waals surface area contributed by atoms with Crippen LogP contribution in [0.15, 0.2) is 24.3 Å². The van der Waals surface area contributed by atoms with Gasteiger partial charge in [-0.2, -0.15) is 0 Å². The van der Waals surface area contributed by atoms with E-state index in [1.165, 1.54) is 37.1 Å². The molecule has 1 atom stereocenters. The highest BCUT2D eigenvalue weighted by Gasteiger charge is 2.34. The lowest BCUT2D eigenvalue weighted by Crippen LogP contribution is -2.41. The third kappa shape index (κ3) is 2.79. The van der Waals surface area contributed by atoms with E-state index in [4.69, 9.17) is 0 Å². The minimum atomic E-state index is -0.579. The minimum Gasteiger partial charge on any atom is -0.390 e. The molecule has 0 saturated heterocycles. The Kier molecular flexibility index (Phi) is 3.30. The average molecular weight is 259 g/mol. The van der Waals surface area contributed by atoms with Gasteiger partial charge in [-0.25, -0.2) is 0 Å². The molecule has 104 valence electrons. The highest BCUT2D eigenvalue weighted by molar-refractivity contribution is 5.59. The average Bonchev–Trinajstić information content (AvgIpc) is 2.58. The number of hydrogen-bond donors (Lipinski definition) is 1. The van der Waals surface area contributed by atoms with Gasteiger partial charge < -0.3 is 10.0 Å². The normalized spacial score (nSPS) is 23.3. The lowest BCUT2D eigenvalue weighted by molar-refractivity contribution is 0.0628. The zero-order valence-electron chi connectivity index (χ0n) is 12.1. The van der Waals surface area contributed by atoms with Crippen LogP contribution in [-0.4, -0.2) is 23.3 Å². The Morgan fingerprint density at radius 3 is 2.63 bits per heavy atom. The van der Waals surface area contributed by atoms with Crippen LogP contribution < -0.4 is 4.90 Å². The fourth-order valence-electron chi connectivity index (χ4n) is 3.48. The van der Waals surface area contributed by atoms with Gasteiger partial charge in [0.2, 0.25) is 0 Å². The number of rotatable bonds is 4. The number of hydrogen-bond acceptors (Lipinski definition) is 2. The number of fused-ring (bicyclic) bond motifs is 1. The lowest BCUT2D eigenvalue weighted by atomic mass is 9.84. The van der Waals surface area contributed by atoms with Gasteiger partial charge in [0.25, 0.3) is 0 Å². The first-order chi connectivity index (χ1) is 9.03. The van der Waals surface area contributed by atoms with Gasteiger partial charge in [-0.15, -0.1) is 0 Å². The fraction of sp³-hybridized carbons (Fsp3) is 0.647. The topological polar surface area (TPSA) is 23.5 Å². The zero-order chi connectivity index (χ0) is 13.5. The highest BCUT2D eigenvalue weighted by atomic mass is 16.3. The zero-order valence-corrected chi connectivity index (χ0v) is 12.1. The monoisotopic (exact) mass is 259 g/mol. The Bertz CT molecular complexity index is 445. The Labute approximate surface area is 116 Å². The van der Waals surface area contributed by atoms with Gasteiger partial charge in [0, 0.05) is 18.3 Å². The van der Waals surface area contributed by atoms with Crippen molar-refractivity contribution in [2.24, 2.45) is 5.92 Å². The molecule has 0 radical (unpaired) electrons. The van der Waals surface area contributed by atoms with E-state index in [9.17, 15) is 5.11 Å². The second-order valence-corrected chi connectivity index (χ2v) is 6.95. The standard InChI is InChI=1S/C17H25NO/c1-17(2,19)11-15-10-14-8-3-4-9-16(14)18(15)12-13-6-5-7-13/h3-4,8-9,13,15,19H,5-7,10-12H2,1-2H3. The van der Waals surface area contributed by atoms with E-state index in [2.05, 4.69) is 29.2 Å². The van der Waals surface area contributed by atoms with E-state index in [1.54, 1.807) is 0 Å². The number of para-hydroxylation sites is 1. The van der Waals surface area contributed by atoms with Crippen LogP contribution in [0.25, 0.3) is 0 Å². The van der Waals surface area contributed by atoms with Gasteiger partial charge in [0.05, 0.1) is 5.60 Å². The molecule has 19 heavy (non-hydrogen) atoms. The Morgan fingerprint density at radius 1 is 1.26 bits per heavy atom. The molecule has 1 unspecified atom stereocenters. The van der Waals surface area contributed by atoms with Crippen LogP contribution in [0.1, 0.15) is 45.1 Å². The summed E-state index contributed by atoms with van der Waals surface area (Å²) >= 11 is 0. The number of anilines is 1. The van der Waals surface area contributed by atoms with Crippen molar-refractivity contribution in [2.45, 2.75) is 57.6 Å². The van der Waals surface area contributed by atoms with Crippen molar-refractivity contribution in [2.75, 3.05) is 11.4 Å². The summed E-state index contributed by atoms with van der Waals surface area (Å²) in [5, 5.41) is 10.2. The molecule has 3 rings (SSSR count). The van der Waals surface area contributed by atoms with Crippen LogP contribution >= 0.6 is 0 Å². The molecule has 2 aliphatic rings. The second-order valence-electron chi connectivity index (χ2n) is 6.95. The van der Waals surface area contributed by atoms with Gasteiger partial charge >= 0.3 is 0 Å². The van der Waals surface area contributed by atoms with E-state index in [1.807, 2.05) is 13.8 Å². The molecular weight excluding hydrogens is 234 g/mol. The maximum atomic E-state index is 10.2. The maximum absolute atomic E-state index is 10.2. The summed E-state index contributed by atoms with van der Waals surface area (Å²) in [4.78, 5) is 2.57. The van der Waals surface area contributed by atoms with E-state index < -0.39 is 5.60 Å². The van der Waals surface area contributed by atoms with Gasteiger partial charge in [0.1, 0.15) is 0 Å². The number of aliphatic hydroxyl groups is 1. The lowest BCUT2D eigenvalue weighted by Gasteiger charge is -2.37. The molecule has 0 bridgehead atoms. The highest BCUT2D eigenvalue weighted by Crippen LogP contribution is 2.38. The Balaban J connectivity index is 1.80. The van der Waals surface area contributed by atoms with Gasteiger partial charge in [-0.05, 0) is 57.1 Å². The summed E-state index contributed by atoms with van der Waals surface area (Å²) in [5.41, 5.74) is 2.28. The first-order valence-electron chi connectivity index (χ1n) is 7.60. The van der Waals surface area contributed by atoms with Crippen LogP contribution in [0, 0.1) is 5.92 Å². The fourth-order valence-corrected chi connectivity index (χ4v) is 3.48. The van der Waals surface area contributed by atoms with Crippen molar-refractivity contribution < 1.29 is 5.11 Å². The third-order valence-electron chi connectivity index (χ3n) is 4.61. The van der Waals surface area contributed by atoms with E-state index in [0.717, 1.165) is 18.8 Å². The second kappa shape index (κ2) is 4.82. The van der Waals surface area contributed by atoms with Crippen molar-refractivity contribution in [3.05, 3.63) is 29.8 Å². The van der Waals surface area contributed by atoms with Crippen LogP contribution in [0.2, 0.25) is 0 Å². The SMILES string of the molecule is CC(C)(O)CC1Cc2ccccc2N1CC1CCC1. The van der Waals surface area contributed by atoms with Crippen molar-refractivity contribution >= 4 is 5.69 Å².